The lowest BCUT2D eigenvalue weighted by Crippen LogP contribution is -2.12. The number of carboxylic acids is 1. The molecule has 0 aliphatic rings. The van der Waals surface area contributed by atoms with E-state index >= 15 is 0 Å². The third kappa shape index (κ3) is 2.42. The number of rotatable bonds is 2. The Morgan fingerprint density at radius 3 is 2.74 bits per heavy atom. The van der Waals surface area contributed by atoms with Crippen LogP contribution < -0.4 is 0 Å². The van der Waals surface area contributed by atoms with Crippen LogP contribution in [0.1, 0.15) is 17.0 Å². The molecule has 100 valence electrons. The molecule has 0 atom stereocenters. The molecule has 0 amide bonds. The van der Waals surface area contributed by atoms with Crippen LogP contribution in [0.4, 0.5) is 13.2 Å². The molecule has 2 aromatic rings. The van der Waals surface area contributed by atoms with Crippen molar-refractivity contribution in [3.05, 3.63) is 35.3 Å². The van der Waals surface area contributed by atoms with E-state index in [0.29, 0.717) is 4.52 Å². The summed E-state index contributed by atoms with van der Waals surface area (Å²) in [4.78, 5) is 14.3. The number of nitrogens with zero attached hydrogens (tertiary/aromatic N) is 3. The van der Waals surface area contributed by atoms with Crippen LogP contribution in [0, 0.1) is 6.92 Å². The van der Waals surface area contributed by atoms with Gasteiger partial charge in [0.15, 0.2) is 5.65 Å². The molecule has 0 radical (unpaired) electrons. The molecule has 0 saturated carbocycles. The fourth-order valence-electron chi connectivity index (χ4n) is 1.63. The smallest absolute Gasteiger partial charge is 0.433 e. The zero-order valence-corrected chi connectivity index (χ0v) is 9.64. The van der Waals surface area contributed by atoms with Crippen LogP contribution in [0.2, 0.25) is 0 Å². The van der Waals surface area contributed by atoms with Gasteiger partial charge in [-0.2, -0.15) is 18.3 Å². The molecule has 0 saturated heterocycles. The van der Waals surface area contributed by atoms with Crippen molar-refractivity contribution in [3.8, 4) is 0 Å². The average Bonchev–Trinajstić information content (AvgIpc) is 2.60. The fourth-order valence-corrected chi connectivity index (χ4v) is 1.63. The summed E-state index contributed by atoms with van der Waals surface area (Å²) < 4.78 is 39.0. The number of halogens is 3. The van der Waals surface area contributed by atoms with Crippen LogP contribution in [-0.4, -0.2) is 25.7 Å². The number of aromatic nitrogens is 3. The first-order chi connectivity index (χ1) is 8.80. The molecule has 2 rings (SSSR count). The first-order valence-corrected chi connectivity index (χ1v) is 5.13. The Labute approximate surface area is 105 Å². The van der Waals surface area contributed by atoms with Gasteiger partial charge in [-0.1, -0.05) is 0 Å². The summed E-state index contributed by atoms with van der Waals surface area (Å²) >= 11 is 0. The Balaban J connectivity index is 2.69. The van der Waals surface area contributed by atoms with Crippen LogP contribution >= 0.6 is 0 Å². The van der Waals surface area contributed by atoms with Gasteiger partial charge in [0.25, 0.3) is 0 Å². The molecule has 0 bridgehead atoms. The largest absolute Gasteiger partial charge is 0.478 e. The highest BCUT2D eigenvalue weighted by atomic mass is 19.4. The Kier molecular flexibility index (Phi) is 3.01. The summed E-state index contributed by atoms with van der Waals surface area (Å²) in [6, 6.07) is 0.810. The summed E-state index contributed by atoms with van der Waals surface area (Å²) in [5.74, 6) is -1.20. The highest BCUT2D eigenvalue weighted by molar-refractivity contribution is 5.87. The van der Waals surface area contributed by atoms with E-state index in [4.69, 9.17) is 5.11 Å². The number of fused-ring (bicyclic) bond motifs is 1. The van der Waals surface area contributed by atoms with E-state index in [1.165, 1.54) is 13.0 Å². The molecule has 0 aliphatic carbocycles. The second-order valence-electron chi connectivity index (χ2n) is 3.73. The predicted molar refractivity (Wildman–Crippen MR) is 59.4 cm³/mol. The molecule has 0 aliphatic heterocycles. The summed E-state index contributed by atoms with van der Waals surface area (Å²) in [6.07, 6.45) is -1.55. The quantitative estimate of drug-likeness (QED) is 0.850. The Morgan fingerprint density at radius 2 is 2.16 bits per heavy atom. The van der Waals surface area contributed by atoms with Crippen LogP contribution in [-0.2, 0) is 11.0 Å². The standard InChI is InChI=1S/C11H8F3N3O2/c1-6-7(2-3-9(18)19)10-15-5-4-8(11(12,13)14)17(10)16-6/h2-5H,1H3,(H,18,19)/b3-2+. The van der Waals surface area contributed by atoms with Crippen molar-refractivity contribution >= 4 is 17.7 Å². The van der Waals surface area contributed by atoms with Gasteiger partial charge in [-0.25, -0.2) is 14.3 Å². The summed E-state index contributed by atoms with van der Waals surface area (Å²) in [7, 11) is 0. The number of alkyl halides is 3. The molecular weight excluding hydrogens is 263 g/mol. The lowest BCUT2D eigenvalue weighted by Gasteiger charge is -2.07. The van der Waals surface area contributed by atoms with E-state index in [1.807, 2.05) is 0 Å². The molecule has 19 heavy (non-hydrogen) atoms. The molecule has 2 heterocycles. The van der Waals surface area contributed by atoms with Crippen molar-refractivity contribution in [2.24, 2.45) is 0 Å². The predicted octanol–water partition coefficient (Wildman–Crippen LogP) is 2.15. The molecule has 5 nitrogen and oxygen atoms in total. The van der Waals surface area contributed by atoms with Crippen molar-refractivity contribution in [2.45, 2.75) is 13.1 Å². The summed E-state index contributed by atoms with van der Waals surface area (Å²) in [5, 5.41) is 12.3. The van der Waals surface area contributed by atoms with E-state index in [0.717, 1.165) is 18.3 Å². The minimum Gasteiger partial charge on any atom is -0.478 e. The number of carboxylic acid groups (broad SMARTS) is 1. The molecule has 0 unspecified atom stereocenters. The van der Waals surface area contributed by atoms with Gasteiger partial charge in [-0.3, -0.25) is 0 Å². The van der Waals surface area contributed by atoms with Gasteiger partial charge in [0.05, 0.1) is 5.69 Å². The van der Waals surface area contributed by atoms with Crippen LogP contribution in [0.5, 0.6) is 0 Å². The number of carbonyl (C=O) groups is 1. The molecule has 2 aromatic heterocycles. The number of hydrogen-bond acceptors (Lipinski definition) is 3. The van der Waals surface area contributed by atoms with Crippen molar-refractivity contribution in [2.75, 3.05) is 0 Å². The first kappa shape index (κ1) is 13.1. The third-order valence-corrected chi connectivity index (χ3v) is 2.42. The highest BCUT2D eigenvalue weighted by Crippen LogP contribution is 2.30. The Bertz CT molecular complexity index is 674. The maximum absolute atomic E-state index is 12.8. The number of aryl methyl sites for hydroxylation is 1. The van der Waals surface area contributed by atoms with Crippen LogP contribution in [0.25, 0.3) is 11.7 Å². The zero-order valence-electron chi connectivity index (χ0n) is 9.64. The molecule has 0 aromatic carbocycles. The minimum atomic E-state index is -4.56. The summed E-state index contributed by atoms with van der Waals surface area (Å²) in [6.45, 7) is 1.48. The second-order valence-corrected chi connectivity index (χ2v) is 3.73. The molecule has 0 spiro atoms. The molecule has 8 heteroatoms. The van der Waals surface area contributed by atoms with Gasteiger partial charge in [0.2, 0.25) is 0 Å². The van der Waals surface area contributed by atoms with Crippen molar-refractivity contribution in [3.63, 3.8) is 0 Å². The van der Waals surface area contributed by atoms with Gasteiger partial charge in [0.1, 0.15) is 5.69 Å². The van der Waals surface area contributed by atoms with E-state index < -0.39 is 17.8 Å². The molecular formula is C11H8F3N3O2. The SMILES string of the molecule is Cc1nn2c(C(F)(F)F)ccnc2c1/C=C/C(=O)O. The van der Waals surface area contributed by atoms with Gasteiger partial charge >= 0.3 is 12.1 Å². The molecule has 0 fully saturated rings. The van der Waals surface area contributed by atoms with Gasteiger partial charge in [0, 0.05) is 17.8 Å². The lowest BCUT2D eigenvalue weighted by molar-refractivity contribution is -0.142. The van der Waals surface area contributed by atoms with Gasteiger partial charge < -0.3 is 5.11 Å². The van der Waals surface area contributed by atoms with Gasteiger partial charge in [-0.15, -0.1) is 0 Å². The van der Waals surface area contributed by atoms with E-state index in [1.54, 1.807) is 0 Å². The van der Waals surface area contributed by atoms with Gasteiger partial charge in [-0.05, 0) is 19.1 Å². The summed E-state index contributed by atoms with van der Waals surface area (Å²) in [5.41, 5.74) is -0.490. The Hall–Kier alpha value is -2.38. The number of hydrogen-bond donors (Lipinski definition) is 1. The van der Waals surface area contributed by atoms with E-state index in [9.17, 15) is 18.0 Å². The van der Waals surface area contributed by atoms with Crippen molar-refractivity contribution in [1.29, 1.82) is 0 Å². The molecule has 1 N–H and O–H groups in total. The maximum Gasteiger partial charge on any atom is 0.433 e. The van der Waals surface area contributed by atoms with Crippen LogP contribution in [0.3, 0.4) is 0 Å². The van der Waals surface area contributed by atoms with E-state index in [2.05, 4.69) is 10.1 Å². The number of aliphatic carboxylic acids is 1. The van der Waals surface area contributed by atoms with Crippen molar-refractivity contribution < 1.29 is 23.1 Å². The maximum atomic E-state index is 12.8. The van der Waals surface area contributed by atoms with Crippen molar-refractivity contribution in [1.82, 2.24) is 14.6 Å². The third-order valence-electron chi connectivity index (χ3n) is 2.42. The first-order valence-electron chi connectivity index (χ1n) is 5.13. The lowest BCUT2D eigenvalue weighted by atomic mass is 10.2. The highest BCUT2D eigenvalue weighted by Gasteiger charge is 2.34. The normalized spacial score (nSPS) is 12.4. The monoisotopic (exact) mass is 271 g/mol. The Morgan fingerprint density at radius 1 is 1.47 bits per heavy atom. The fraction of sp³-hybridized carbons (Fsp3) is 0.182. The second kappa shape index (κ2) is 4.38. The topological polar surface area (TPSA) is 67.5 Å². The van der Waals surface area contributed by atoms with E-state index in [-0.39, 0.29) is 16.9 Å². The zero-order chi connectivity index (χ0) is 14.2. The average molecular weight is 271 g/mol. The minimum absolute atomic E-state index is 0.0372. The van der Waals surface area contributed by atoms with Crippen LogP contribution in [0.15, 0.2) is 18.3 Å².